The van der Waals surface area contributed by atoms with Gasteiger partial charge in [0.1, 0.15) is 5.75 Å². The van der Waals surface area contributed by atoms with Crippen LogP contribution in [0, 0.1) is 0 Å². The van der Waals surface area contributed by atoms with Gasteiger partial charge in [0, 0.05) is 18.3 Å². The number of anilines is 1. The van der Waals surface area contributed by atoms with Crippen LogP contribution in [0.1, 0.15) is 5.56 Å². The van der Waals surface area contributed by atoms with Gasteiger partial charge in [-0.2, -0.15) is 0 Å². The summed E-state index contributed by atoms with van der Waals surface area (Å²) < 4.78 is 41.1. The van der Waals surface area contributed by atoms with Gasteiger partial charge in [-0.1, -0.05) is 17.7 Å². The lowest BCUT2D eigenvalue weighted by molar-refractivity contribution is -0.123. The molecule has 0 radical (unpaired) electrons. The third kappa shape index (κ3) is 3.71. The van der Waals surface area contributed by atoms with Crippen LogP contribution in [0.5, 0.6) is 17.2 Å². The Morgan fingerprint density at radius 1 is 1.10 bits per heavy atom. The number of carbonyl (C=O) groups excluding carboxylic acids is 1. The van der Waals surface area contributed by atoms with Gasteiger partial charge < -0.3 is 19.1 Å². The largest absolute Gasteiger partial charge is 0.495 e. The molecule has 2 fully saturated rings. The number of halogens is 1. The van der Waals surface area contributed by atoms with Crippen LogP contribution in [0.25, 0.3) is 0 Å². The summed E-state index contributed by atoms with van der Waals surface area (Å²) in [4.78, 5) is 16.7. The van der Waals surface area contributed by atoms with Crippen LogP contribution in [0.15, 0.2) is 36.4 Å². The van der Waals surface area contributed by atoms with Crippen LogP contribution in [-0.4, -0.2) is 63.3 Å². The molecule has 0 N–H and O–H groups in total. The number of ether oxygens (including phenoxy) is 3. The van der Waals surface area contributed by atoms with E-state index in [0.29, 0.717) is 34.5 Å². The van der Waals surface area contributed by atoms with Crippen molar-refractivity contribution >= 4 is 33.0 Å². The monoisotopic (exact) mass is 464 g/mol. The molecule has 0 aromatic heterocycles. The van der Waals surface area contributed by atoms with E-state index < -0.39 is 15.9 Å². The molecule has 164 valence electrons. The summed E-state index contributed by atoms with van der Waals surface area (Å²) in [6.07, 6.45) is 0. The number of benzene rings is 2. The van der Waals surface area contributed by atoms with Gasteiger partial charge in [0.05, 0.1) is 36.2 Å². The molecule has 2 saturated heterocycles. The molecule has 5 rings (SSSR count). The van der Waals surface area contributed by atoms with Crippen molar-refractivity contribution in [3.63, 3.8) is 0 Å². The molecule has 0 bridgehead atoms. The topological polar surface area (TPSA) is 85.4 Å². The first kappa shape index (κ1) is 20.4. The zero-order valence-corrected chi connectivity index (χ0v) is 18.4. The van der Waals surface area contributed by atoms with Gasteiger partial charge in [0.15, 0.2) is 21.3 Å². The van der Waals surface area contributed by atoms with Crippen molar-refractivity contribution in [3.05, 3.63) is 47.0 Å². The van der Waals surface area contributed by atoms with Crippen molar-refractivity contribution in [2.45, 2.75) is 18.6 Å². The fourth-order valence-corrected chi connectivity index (χ4v) is 6.78. The lowest BCUT2D eigenvalue weighted by Gasteiger charge is -2.43. The van der Waals surface area contributed by atoms with Gasteiger partial charge in [-0.25, -0.2) is 8.42 Å². The number of hydrogen-bond donors (Lipinski definition) is 0. The zero-order chi connectivity index (χ0) is 21.8. The predicted molar refractivity (Wildman–Crippen MR) is 115 cm³/mol. The standard InChI is InChI=1S/C21H21ClN2O6S/c1-28-18-5-3-14(7-15(18)22)24-17-11-31(26,27)10-16(17)23(9-21(24)25)8-13-2-4-19-20(6-13)30-12-29-19/h2-7,16-17H,8-12H2,1H3/t16-,17+/m0/s1. The number of hydrogen-bond acceptors (Lipinski definition) is 7. The summed E-state index contributed by atoms with van der Waals surface area (Å²) >= 11 is 6.26. The molecule has 3 aliphatic rings. The van der Waals surface area contributed by atoms with E-state index in [1.807, 2.05) is 23.1 Å². The minimum absolute atomic E-state index is 0.00981. The highest BCUT2D eigenvalue weighted by Crippen LogP contribution is 2.37. The van der Waals surface area contributed by atoms with Gasteiger partial charge in [-0.05, 0) is 35.9 Å². The van der Waals surface area contributed by atoms with Gasteiger partial charge in [-0.3, -0.25) is 9.69 Å². The number of rotatable bonds is 4. The van der Waals surface area contributed by atoms with Crippen LogP contribution in [-0.2, 0) is 21.2 Å². The number of piperazine rings is 1. The van der Waals surface area contributed by atoms with Crippen LogP contribution < -0.4 is 19.1 Å². The Morgan fingerprint density at radius 2 is 1.87 bits per heavy atom. The SMILES string of the molecule is COc1ccc(N2C(=O)CN(Cc3ccc4c(c3)OCO4)[C@H]3CS(=O)(=O)C[C@H]32)cc1Cl. The Morgan fingerprint density at radius 3 is 2.65 bits per heavy atom. The van der Waals surface area contributed by atoms with Crippen molar-refractivity contribution in [2.75, 3.05) is 36.9 Å². The molecular formula is C21H21ClN2O6S. The van der Waals surface area contributed by atoms with E-state index in [1.54, 1.807) is 23.1 Å². The molecule has 8 nitrogen and oxygen atoms in total. The second-order valence-corrected chi connectivity index (χ2v) is 10.4. The lowest BCUT2D eigenvalue weighted by Crippen LogP contribution is -2.61. The molecule has 10 heteroatoms. The van der Waals surface area contributed by atoms with E-state index in [1.165, 1.54) is 7.11 Å². The molecule has 3 aliphatic heterocycles. The summed E-state index contributed by atoms with van der Waals surface area (Å²) in [7, 11) is -1.77. The molecule has 31 heavy (non-hydrogen) atoms. The maximum atomic E-state index is 13.2. The van der Waals surface area contributed by atoms with Crippen molar-refractivity contribution in [3.8, 4) is 17.2 Å². The average molecular weight is 465 g/mol. The van der Waals surface area contributed by atoms with E-state index in [-0.39, 0.29) is 36.8 Å². The van der Waals surface area contributed by atoms with E-state index in [2.05, 4.69) is 0 Å². The molecule has 2 aromatic rings. The van der Waals surface area contributed by atoms with Gasteiger partial charge in [0.2, 0.25) is 12.7 Å². The van der Waals surface area contributed by atoms with E-state index in [9.17, 15) is 13.2 Å². The third-order valence-corrected chi connectivity index (χ3v) is 7.93. The Labute approximate surface area is 185 Å². The number of nitrogens with zero attached hydrogens (tertiary/aromatic N) is 2. The predicted octanol–water partition coefficient (Wildman–Crippen LogP) is 2.09. The average Bonchev–Trinajstić information content (AvgIpc) is 3.31. The normalized spacial score (nSPS) is 24.3. The minimum Gasteiger partial charge on any atom is -0.495 e. The van der Waals surface area contributed by atoms with Gasteiger partial charge in [-0.15, -0.1) is 0 Å². The van der Waals surface area contributed by atoms with Crippen molar-refractivity contribution in [2.24, 2.45) is 0 Å². The van der Waals surface area contributed by atoms with Crippen LogP contribution in [0.2, 0.25) is 5.02 Å². The molecule has 0 saturated carbocycles. The highest BCUT2D eigenvalue weighted by atomic mass is 35.5. The van der Waals surface area contributed by atoms with Gasteiger partial charge >= 0.3 is 0 Å². The quantitative estimate of drug-likeness (QED) is 0.684. The highest BCUT2D eigenvalue weighted by molar-refractivity contribution is 7.91. The Kier molecular flexibility index (Phi) is 4.99. The Bertz CT molecular complexity index is 1150. The summed E-state index contributed by atoms with van der Waals surface area (Å²) in [6.45, 7) is 0.731. The number of carbonyl (C=O) groups is 1. The second kappa shape index (κ2) is 7.58. The number of fused-ring (bicyclic) bond motifs is 2. The maximum absolute atomic E-state index is 13.2. The van der Waals surface area contributed by atoms with Gasteiger partial charge in [0.25, 0.3) is 0 Å². The van der Waals surface area contributed by atoms with Crippen molar-refractivity contribution in [1.82, 2.24) is 4.90 Å². The fraction of sp³-hybridized carbons (Fsp3) is 0.381. The zero-order valence-electron chi connectivity index (χ0n) is 16.8. The van der Waals surface area contributed by atoms with Crippen molar-refractivity contribution in [1.29, 1.82) is 0 Å². The fourth-order valence-electron chi connectivity index (χ4n) is 4.55. The number of methoxy groups -OCH3 is 1. The summed E-state index contributed by atoms with van der Waals surface area (Å²) in [5.74, 6) is 1.60. The number of sulfone groups is 1. The molecule has 0 spiro atoms. The summed E-state index contributed by atoms with van der Waals surface area (Å²) in [6, 6.07) is 9.89. The minimum atomic E-state index is -3.29. The van der Waals surface area contributed by atoms with Crippen LogP contribution >= 0.6 is 11.6 Å². The van der Waals surface area contributed by atoms with E-state index in [0.717, 1.165) is 5.56 Å². The van der Waals surface area contributed by atoms with E-state index >= 15 is 0 Å². The molecular weight excluding hydrogens is 444 g/mol. The Hall–Kier alpha value is -2.49. The molecule has 2 atom stereocenters. The molecule has 2 aromatic carbocycles. The second-order valence-electron chi connectivity index (χ2n) is 7.89. The first-order valence-corrected chi connectivity index (χ1v) is 12.0. The third-order valence-electron chi connectivity index (χ3n) is 5.94. The summed E-state index contributed by atoms with van der Waals surface area (Å²) in [5, 5.41) is 0.369. The Balaban J connectivity index is 1.45. The van der Waals surface area contributed by atoms with Crippen molar-refractivity contribution < 1.29 is 27.4 Å². The van der Waals surface area contributed by atoms with E-state index in [4.69, 9.17) is 25.8 Å². The van der Waals surface area contributed by atoms with Crippen LogP contribution in [0.3, 0.4) is 0 Å². The molecule has 3 heterocycles. The van der Waals surface area contributed by atoms with Crippen LogP contribution in [0.4, 0.5) is 5.69 Å². The smallest absolute Gasteiger partial charge is 0.241 e. The summed E-state index contributed by atoms with van der Waals surface area (Å²) in [5.41, 5.74) is 1.51. The number of amides is 1. The molecule has 0 unspecified atom stereocenters. The highest BCUT2D eigenvalue weighted by Gasteiger charge is 2.49. The molecule has 1 amide bonds. The molecule has 0 aliphatic carbocycles. The first-order chi connectivity index (χ1) is 14.8. The lowest BCUT2D eigenvalue weighted by atomic mass is 10.0. The maximum Gasteiger partial charge on any atom is 0.241 e. The first-order valence-electron chi connectivity index (χ1n) is 9.83.